The second-order valence-corrected chi connectivity index (χ2v) is 7.63. The fourth-order valence-corrected chi connectivity index (χ4v) is 3.48. The highest BCUT2D eigenvalue weighted by Crippen LogP contribution is 2.26. The number of aromatic nitrogens is 1. The standard InChI is InChI=1S/C22H32N4O/c1-4-16(2)24-22(27)17(3)23-15-19-14-18-10-6-7-11-20(18)25-21(19)26-12-8-5-9-13-26/h6-7,10-11,14,16-17,23H,4-5,8-9,12-13,15H2,1-3H3,(H,24,27). The number of amides is 1. The van der Waals surface area contributed by atoms with Gasteiger partial charge in [0.25, 0.3) is 0 Å². The largest absolute Gasteiger partial charge is 0.356 e. The van der Waals surface area contributed by atoms with Crippen LogP contribution in [-0.2, 0) is 11.3 Å². The van der Waals surface area contributed by atoms with Gasteiger partial charge in [0.15, 0.2) is 0 Å². The molecule has 2 heterocycles. The highest BCUT2D eigenvalue weighted by atomic mass is 16.2. The highest BCUT2D eigenvalue weighted by molar-refractivity contribution is 5.83. The summed E-state index contributed by atoms with van der Waals surface area (Å²) in [7, 11) is 0. The van der Waals surface area contributed by atoms with E-state index in [1.807, 2.05) is 26.0 Å². The second kappa shape index (κ2) is 9.18. The van der Waals surface area contributed by atoms with Crippen molar-refractivity contribution in [3.05, 3.63) is 35.9 Å². The average Bonchev–Trinajstić information content (AvgIpc) is 2.71. The monoisotopic (exact) mass is 368 g/mol. The molecule has 1 amide bonds. The lowest BCUT2D eigenvalue weighted by atomic mass is 10.1. The number of carbonyl (C=O) groups is 1. The Bertz CT molecular complexity index is 770. The van der Waals surface area contributed by atoms with Crippen LogP contribution in [0.2, 0.25) is 0 Å². The summed E-state index contributed by atoms with van der Waals surface area (Å²) in [5.74, 6) is 1.12. The van der Waals surface area contributed by atoms with Crippen molar-refractivity contribution >= 4 is 22.6 Å². The number of pyridine rings is 1. The van der Waals surface area contributed by atoms with E-state index in [0.717, 1.165) is 36.2 Å². The fourth-order valence-electron chi connectivity index (χ4n) is 3.48. The van der Waals surface area contributed by atoms with Gasteiger partial charge >= 0.3 is 0 Å². The van der Waals surface area contributed by atoms with E-state index in [1.165, 1.54) is 24.8 Å². The van der Waals surface area contributed by atoms with Crippen LogP contribution in [0.3, 0.4) is 0 Å². The van der Waals surface area contributed by atoms with Gasteiger partial charge in [-0.3, -0.25) is 4.79 Å². The zero-order chi connectivity index (χ0) is 19.2. The summed E-state index contributed by atoms with van der Waals surface area (Å²) in [4.78, 5) is 19.7. The first kappa shape index (κ1) is 19.6. The molecule has 0 radical (unpaired) electrons. The van der Waals surface area contributed by atoms with Crippen molar-refractivity contribution in [3.63, 3.8) is 0 Å². The van der Waals surface area contributed by atoms with Crippen LogP contribution < -0.4 is 15.5 Å². The molecule has 1 aromatic heterocycles. The molecule has 27 heavy (non-hydrogen) atoms. The molecule has 2 aromatic rings. The summed E-state index contributed by atoms with van der Waals surface area (Å²) in [6, 6.07) is 10.4. The Morgan fingerprint density at radius 3 is 2.67 bits per heavy atom. The average molecular weight is 369 g/mol. The zero-order valence-corrected chi connectivity index (χ0v) is 16.8. The summed E-state index contributed by atoms with van der Waals surface area (Å²) in [5, 5.41) is 7.58. The second-order valence-electron chi connectivity index (χ2n) is 7.63. The summed E-state index contributed by atoms with van der Waals surface area (Å²) in [6.07, 6.45) is 4.67. The number of rotatable bonds is 7. The molecule has 1 aliphatic rings. The van der Waals surface area contributed by atoms with Crippen molar-refractivity contribution in [1.82, 2.24) is 15.6 Å². The first-order chi connectivity index (χ1) is 13.1. The van der Waals surface area contributed by atoms with Gasteiger partial charge in [-0.15, -0.1) is 0 Å². The molecular formula is C22H32N4O. The topological polar surface area (TPSA) is 57.3 Å². The molecule has 1 aromatic carbocycles. The number of carbonyl (C=O) groups excluding carboxylic acids is 1. The lowest BCUT2D eigenvalue weighted by Gasteiger charge is -2.30. The van der Waals surface area contributed by atoms with Crippen molar-refractivity contribution in [2.75, 3.05) is 18.0 Å². The van der Waals surface area contributed by atoms with Gasteiger partial charge in [0, 0.05) is 36.6 Å². The molecule has 0 aliphatic carbocycles. The first-order valence-electron chi connectivity index (χ1n) is 10.3. The third-order valence-electron chi connectivity index (χ3n) is 5.43. The molecule has 0 saturated carbocycles. The third-order valence-corrected chi connectivity index (χ3v) is 5.43. The van der Waals surface area contributed by atoms with Gasteiger partial charge in [0.2, 0.25) is 5.91 Å². The fraction of sp³-hybridized carbons (Fsp3) is 0.545. The predicted molar refractivity (Wildman–Crippen MR) is 112 cm³/mol. The SMILES string of the molecule is CCC(C)NC(=O)C(C)NCc1cc2ccccc2nc1N1CCCCC1. The molecule has 2 atom stereocenters. The summed E-state index contributed by atoms with van der Waals surface area (Å²) in [5.41, 5.74) is 2.20. The number of nitrogens with zero attached hydrogens (tertiary/aromatic N) is 2. The van der Waals surface area contributed by atoms with Crippen LogP contribution in [0.1, 0.15) is 52.0 Å². The minimum atomic E-state index is -0.236. The van der Waals surface area contributed by atoms with E-state index in [9.17, 15) is 4.79 Å². The van der Waals surface area contributed by atoms with Crippen LogP contribution in [0.5, 0.6) is 0 Å². The minimum absolute atomic E-state index is 0.0534. The van der Waals surface area contributed by atoms with E-state index in [4.69, 9.17) is 4.98 Å². The Balaban J connectivity index is 1.78. The van der Waals surface area contributed by atoms with Gasteiger partial charge in [0.05, 0.1) is 11.6 Å². The normalized spacial score (nSPS) is 16.9. The summed E-state index contributed by atoms with van der Waals surface area (Å²) in [6.45, 7) is 8.79. The molecule has 5 heteroatoms. The van der Waals surface area contributed by atoms with Gasteiger partial charge in [-0.2, -0.15) is 0 Å². The number of anilines is 1. The predicted octanol–water partition coefficient (Wildman–Crippen LogP) is 3.62. The Morgan fingerprint density at radius 2 is 1.93 bits per heavy atom. The number of piperidine rings is 1. The molecule has 146 valence electrons. The summed E-state index contributed by atoms with van der Waals surface area (Å²) >= 11 is 0. The molecule has 5 nitrogen and oxygen atoms in total. The van der Waals surface area contributed by atoms with Gasteiger partial charge in [-0.05, 0) is 51.7 Å². The molecule has 1 fully saturated rings. The molecule has 0 bridgehead atoms. The van der Waals surface area contributed by atoms with Crippen LogP contribution in [0, 0.1) is 0 Å². The van der Waals surface area contributed by atoms with Crippen molar-refractivity contribution in [2.45, 2.75) is 65.1 Å². The van der Waals surface area contributed by atoms with Crippen LogP contribution in [-0.4, -0.2) is 36.1 Å². The lowest BCUT2D eigenvalue weighted by Crippen LogP contribution is -2.45. The Hall–Kier alpha value is -2.14. The first-order valence-corrected chi connectivity index (χ1v) is 10.3. The number of hydrogen-bond acceptors (Lipinski definition) is 4. The summed E-state index contributed by atoms with van der Waals surface area (Å²) < 4.78 is 0. The van der Waals surface area contributed by atoms with Gasteiger partial charge in [-0.1, -0.05) is 25.1 Å². The Kier molecular flexibility index (Phi) is 6.67. The molecular weight excluding hydrogens is 336 g/mol. The van der Waals surface area contributed by atoms with E-state index >= 15 is 0 Å². The van der Waals surface area contributed by atoms with Crippen LogP contribution in [0.4, 0.5) is 5.82 Å². The quantitative estimate of drug-likeness (QED) is 0.784. The third kappa shape index (κ3) is 4.98. The maximum atomic E-state index is 12.3. The molecule has 3 rings (SSSR count). The van der Waals surface area contributed by atoms with Crippen LogP contribution in [0.15, 0.2) is 30.3 Å². The number of para-hydroxylation sites is 1. The molecule has 0 spiro atoms. The zero-order valence-electron chi connectivity index (χ0n) is 16.8. The number of hydrogen-bond donors (Lipinski definition) is 2. The van der Waals surface area contributed by atoms with Crippen LogP contribution >= 0.6 is 0 Å². The van der Waals surface area contributed by atoms with E-state index in [2.05, 4.69) is 40.7 Å². The van der Waals surface area contributed by atoms with E-state index < -0.39 is 0 Å². The highest BCUT2D eigenvalue weighted by Gasteiger charge is 2.19. The van der Waals surface area contributed by atoms with Gasteiger partial charge < -0.3 is 15.5 Å². The van der Waals surface area contributed by atoms with E-state index in [-0.39, 0.29) is 18.0 Å². The van der Waals surface area contributed by atoms with Gasteiger partial charge in [0.1, 0.15) is 5.82 Å². The maximum Gasteiger partial charge on any atom is 0.237 e. The lowest BCUT2D eigenvalue weighted by molar-refractivity contribution is -0.123. The number of benzene rings is 1. The van der Waals surface area contributed by atoms with E-state index in [0.29, 0.717) is 6.54 Å². The molecule has 1 saturated heterocycles. The number of nitrogens with one attached hydrogen (secondary N) is 2. The molecule has 1 aliphatic heterocycles. The van der Waals surface area contributed by atoms with Crippen molar-refractivity contribution in [1.29, 1.82) is 0 Å². The Labute approximate surface area is 162 Å². The minimum Gasteiger partial charge on any atom is -0.356 e. The van der Waals surface area contributed by atoms with Crippen LogP contribution in [0.25, 0.3) is 10.9 Å². The van der Waals surface area contributed by atoms with Gasteiger partial charge in [-0.25, -0.2) is 4.98 Å². The Morgan fingerprint density at radius 1 is 1.19 bits per heavy atom. The van der Waals surface area contributed by atoms with Crippen molar-refractivity contribution in [3.8, 4) is 0 Å². The molecule has 2 N–H and O–H groups in total. The number of fused-ring (bicyclic) bond motifs is 1. The van der Waals surface area contributed by atoms with Crippen molar-refractivity contribution < 1.29 is 4.79 Å². The maximum absolute atomic E-state index is 12.3. The van der Waals surface area contributed by atoms with E-state index in [1.54, 1.807) is 0 Å². The smallest absolute Gasteiger partial charge is 0.237 e. The molecule has 2 unspecified atom stereocenters. The van der Waals surface area contributed by atoms with Crippen molar-refractivity contribution in [2.24, 2.45) is 0 Å².